The second-order valence-electron chi connectivity index (χ2n) is 10.1. The summed E-state index contributed by atoms with van der Waals surface area (Å²) >= 11 is 6.02. The molecule has 0 bridgehead atoms. The van der Waals surface area contributed by atoms with Gasteiger partial charge in [0.1, 0.15) is 11.6 Å². The second kappa shape index (κ2) is 9.69. The molecule has 2 aromatic rings. The topological polar surface area (TPSA) is 66.0 Å². The maximum absolute atomic E-state index is 13.2. The monoisotopic (exact) mass is 496 g/mol. The molecule has 3 heterocycles. The summed E-state index contributed by atoms with van der Waals surface area (Å²) in [4.78, 5) is 36.8. The van der Waals surface area contributed by atoms with Crippen LogP contribution < -0.4 is 9.64 Å². The first-order chi connectivity index (χ1) is 16.9. The number of hydrogen-bond acceptors (Lipinski definition) is 5. The Bertz CT molecular complexity index is 1080. The van der Waals surface area contributed by atoms with E-state index in [1.54, 1.807) is 13.0 Å². The van der Waals surface area contributed by atoms with Gasteiger partial charge in [0.15, 0.2) is 6.10 Å². The van der Waals surface area contributed by atoms with Gasteiger partial charge >= 0.3 is 0 Å². The Morgan fingerprint density at radius 1 is 1.06 bits per heavy atom. The fraction of sp³-hybridized carbons (Fsp3) is 0.519. The molecule has 0 unspecified atom stereocenters. The highest BCUT2D eigenvalue weighted by Gasteiger charge is 2.59. The van der Waals surface area contributed by atoms with Crippen molar-refractivity contribution in [1.82, 2.24) is 14.8 Å². The number of aryl methyl sites for hydroxylation is 1. The van der Waals surface area contributed by atoms with E-state index in [4.69, 9.17) is 16.3 Å². The van der Waals surface area contributed by atoms with Crippen LogP contribution in [-0.4, -0.2) is 72.0 Å². The highest BCUT2D eigenvalue weighted by atomic mass is 35.5. The molecule has 2 saturated heterocycles. The first-order valence-electron chi connectivity index (χ1n) is 12.5. The molecule has 1 aliphatic carbocycles. The number of benzene rings is 1. The Hall–Kier alpha value is -2.80. The lowest BCUT2D eigenvalue weighted by Gasteiger charge is -2.37. The highest BCUT2D eigenvalue weighted by Crippen LogP contribution is 2.60. The van der Waals surface area contributed by atoms with Crippen LogP contribution in [0.1, 0.15) is 31.7 Å². The molecule has 1 saturated carbocycles. The lowest BCUT2D eigenvalue weighted by molar-refractivity contribution is -0.140. The van der Waals surface area contributed by atoms with Gasteiger partial charge in [-0.25, -0.2) is 4.98 Å². The number of hydrogen-bond donors (Lipinski definition) is 0. The quantitative estimate of drug-likeness (QED) is 0.630. The molecular formula is C27H33ClN4O3. The number of carbonyl (C=O) groups is 2. The molecule has 5 rings (SSSR count). The predicted molar refractivity (Wildman–Crippen MR) is 136 cm³/mol. The second-order valence-corrected chi connectivity index (χ2v) is 10.6. The maximum atomic E-state index is 13.2. The van der Waals surface area contributed by atoms with Gasteiger partial charge in [0.25, 0.3) is 5.91 Å². The van der Waals surface area contributed by atoms with Gasteiger partial charge in [-0.1, -0.05) is 17.7 Å². The summed E-state index contributed by atoms with van der Waals surface area (Å²) in [5.74, 6) is 2.05. The number of likely N-dealkylation sites (tertiary alicyclic amines) is 1. The van der Waals surface area contributed by atoms with Crippen LogP contribution in [0.5, 0.6) is 5.75 Å². The number of rotatable bonds is 5. The Morgan fingerprint density at radius 3 is 2.46 bits per heavy atom. The van der Waals surface area contributed by atoms with Crippen LogP contribution in [0.25, 0.3) is 0 Å². The van der Waals surface area contributed by atoms with Gasteiger partial charge in [0, 0.05) is 56.4 Å². The van der Waals surface area contributed by atoms with Gasteiger partial charge in [-0.05, 0) is 74.4 Å². The van der Waals surface area contributed by atoms with Crippen molar-refractivity contribution in [3.63, 3.8) is 0 Å². The summed E-state index contributed by atoms with van der Waals surface area (Å²) in [6.45, 7) is 8.20. The summed E-state index contributed by atoms with van der Waals surface area (Å²) in [6.07, 6.45) is 3.97. The van der Waals surface area contributed by atoms with Crippen LogP contribution in [0.2, 0.25) is 5.02 Å². The molecule has 3 fully saturated rings. The number of carbonyl (C=O) groups excluding carboxylic acids is 2. The van der Waals surface area contributed by atoms with Crippen molar-refractivity contribution in [2.75, 3.05) is 44.2 Å². The normalized spacial score (nSPS) is 22.1. The summed E-state index contributed by atoms with van der Waals surface area (Å²) in [7, 11) is 0. The molecule has 2 amide bonds. The lowest BCUT2D eigenvalue weighted by Crippen LogP contribution is -2.50. The maximum Gasteiger partial charge on any atom is 0.263 e. The standard InChI is InChI=1S/C27H33ClN4O3/c1-19-17-21(28)6-7-23(19)35-20(2)25(33)31-11-8-27(9-12-31)18-22(27)26(34)32-15-13-30(14-16-32)24-5-3-4-10-29-24/h3-7,10,17,20,22H,8-9,11-16,18H2,1-2H3/t20-,22+/m1/s1. The number of anilines is 1. The van der Waals surface area contributed by atoms with Crippen LogP contribution in [0, 0.1) is 18.3 Å². The molecule has 7 nitrogen and oxygen atoms in total. The molecule has 1 spiro atoms. The van der Waals surface area contributed by atoms with Crippen LogP contribution in [0.4, 0.5) is 5.82 Å². The van der Waals surface area contributed by atoms with E-state index in [1.165, 1.54) is 0 Å². The smallest absolute Gasteiger partial charge is 0.263 e. The van der Waals surface area contributed by atoms with Crippen molar-refractivity contribution in [3.05, 3.63) is 53.2 Å². The van der Waals surface area contributed by atoms with E-state index in [1.807, 2.05) is 53.3 Å². The van der Waals surface area contributed by atoms with Crippen LogP contribution in [0.15, 0.2) is 42.6 Å². The SMILES string of the molecule is Cc1cc(Cl)ccc1O[C@H](C)C(=O)N1CCC2(CC1)C[C@H]2C(=O)N1CCN(c2ccccn2)CC1. The summed E-state index contributed by atoms with van der Waals surface area (Å²) in [6, 6.07) is 11.4. The van der Waals surface area contributed by atoms with Crippen LogP contribution >= 0.6 is 11.6 Å². The number of ether oxygens (including phenoxy) is 1. The largest absolute Gasteiger partial charge is 0.481 e. The number of pyridine rings is 1. The highest BCUT2D eigenvalue weighted by molar-refractivity contribution is 6.30. The van der Waals surface area contributed by atoms with Gasteiger partial charge in [0.2, 0.25) is 5.91 Å². The Labute approximate surface area is 212 Å². The van der Waals surface area contributed by atoms with E-state index in [-0.39, 0.29) is 17.2 Å². The van der Waals surface area contributed by atoms with Gasteiger partial charge in [-0.15, -0.1) is 0 Å². The van der Waals surface area contributed by atoms with Crippen molar-refractivity contribution in [2.45, 2.75) is 39.2 Å². The van der Waals surface area contributed by atoms with Crippen molar-refractivity contribution in [3.8, 4) is 5.75 Å². The summed E-state index contributed by atoms with van der Waals surface area (Å²) < 4.78 is 5.94. The molecule has 2 aliphatic heterocycles. The molecule has 1 aromatic carbocycles. The van der Waals surface area contributed by atoms with Crippen LogP contribution in [0.3, 0.4) is 0 Å². The fourth-order valence-corrected chi connectivity index (χ4v) is 5.81. The Kier molecular flexibility index (Phi) is 6.62. The average molecular weight is 497 g/mol. The van der Waals surface area contributed by atoms with Gasteiger partial charge < -0.3 is 19.4 Å². The fourth-order valence-electron chi connectivity index (χ4n) is 5.58. The van der Waals surface area contributed by atoms with Crippen molar-refractivity contribution >= 4 is 29.2 Å². The minimum Gasteiger partial charge on any atom is -0.481 e. The number of amides is 2. The molecular weight excluding hydrogens is 464 g/mol. The third-order valence-electron chi connectivity index (χ3n) is 7.91. The van der Waals surface area contributed by atoms with E-state index in [9.17, 15) is 9.59 Å². The molecule has 1 aromatic heterocycles. The predicted octanol–water partition coefficient (Wildman–Crippen LogP) is 3.79. The molecule has 186 valence electrons. The van der Waals surface area contributed by atoms with Crippen LogP contribution in [-0.2, 0) is 9.59 Å². The van der Waals surface area contributed by atoms with E-state index in [0.29, 0.717) is 29.8 Å². The third kappa shape index (κ3) is 4.96. The Morgan fingerprint density at radius 2 is 1.80 bits per heavy atom. The summed E-state index contributed by atoms with van der Waals surface area (Å²) in [5.41, 5.74) is 0.984. The molecule has 0 N–H and O–H groups in total. The number of piperidine rings is 1. The molecule has 3 aliphatic rings. The zero-order valence-electron chi connectivity index (χ0n) is 20.5. The van der Waals surface area contributed by atoms with E-state index >= 15 is 0 Å². The first-order valence-corrected chi connectivity index (χ1v) is 12.9. The molecule has 35 heavy (non-hydrogen) atoms. The van der Waals surface area contributed by atoms with Crippen molar-refractivity contribution in [2.24, 2.45) is 11.3 Å². The van der Waals surface area contributed by atoms with E-state index < -0.39 is 6.10 Å². The number of halogens is 1. The third-order valence-corrected chi connectivity index (χ3v) is 8.15. The average Bonchev–Trinajstić information content (AvgIpc) is 3.58. The van der Waals surface area contributed by atoms with E-state index in [2.05, 4.69) is 9.88 Å². The van der Waals surface area contributed by atoms with Gasteiger partial charge in [-0.3, -0.25) is 9.59 Å². The molecule has 0 radical (unpaired) electrons. The van der Waals surface area contributed by atoms with Crippen molar-refractivity contribution < 1.29 is 14.3 Å². The zero-order valence-corrected chi connectivity index (χ0v) is 21.2. The van der Waals surface area contributed by atoms with Crippen molar-refractivity contribution in [1.29, 1.82) is 0 Å². The number of aromatic nitrogens is 1. The zero-order chi connectivity index (χ0) is 24.6. The molecule has 2 atom stereocenters. The molecule has 8 heteroatoms. The number of nitrogens with zero attached hydrogens (tertiary/aromatic N) is 4. The first kappa shape index (κ1) is 23.9. The van der Waals surface area contributed by atoms with Gasteiger partial charge in [-0.2, -0.15) is 0 Å². The minimum atomic E-state index is -0.559. The van der Waals surface area contributed by atoms with E-state index in [0.717, 1.165) is 56.8 Å². The lowest BCUT2D eigenvalue weighted by atomic mass is 9.90. The summed E-state index contributed by atoms with van der Waals surface area (Å²) in [5, 5.41) is 0.652. The Balaban J connectivity index is 1.10. The minimum absolute atomic E-state index is 0.00312. The van der Waals surface area contributed by atoms with Gasteiger partial charge in [0.05, 0.1) is 0 Å². The number of piperazine rings is 1.